The number of carbonyl (C=O) groups excluding carboxylic acids is 3. The Morgan fingerprint density at radius 1 is 0.293 bits per heavy atom. The number of phosphoric ester groups is 2. The Balaban J connectivity index is 4.80. The van der Waals surface area contributed by atoms with Crippen LogP contribution in [0.5, 0.6) is 0 Å². The van der Waals surface area contributed by atoms with Gasteiger partial charge in [-0.1, -0.05) is 262 Å². The molecule has 4 N–H and O–H groups in total. The van der Waals surface area contributed by atoms with Gasteiger partial charge >= 0.3 is 33.6 Å². The summed E-state index contributed by atoms with van der Waals surface area (Å²) in [5.41, 5.74) is 0. The highest BCUT2D eigenvalue weighted by atomic mass is 31.2. The number of phosphoric acid groups is 2. The van der Waals surface area contributed by atoms with Gasteiger partial charge in [-0.3, -0.25) is 32.5 Å². The maximum absolute atomic E-state index is 13.0. The van der Waals surface area contributed by atoms with E-state index in [0.29, 0.717) is 19.3 Å². The summed E-state index contributed by atoms with van der Waals surface area (Å²) < 4.78 is 61.1. The first-order valence-electron chi connectivity index (χ1n) is 37.4. The van der Waals surface area contributed by atoms with E-state index in [-0.39, 0.29) is 19.3 Å². The maximum atomic E-state index is 13.0. The molecule has 562 valence electrons. The normalized spacial score (nSPS) is 15.0. The van der Waals surface area contributed by atoms with Gasteiger partial charge in [-0.25, -0.2) is 9.13 Å². The third-order valence-electron chi connectivity index (χ3n) is 14.9. The molecule has 99 heavy (non-hydrogen) atoms. The Labute approximate surface area is 599 Å². The highest BCUT2D eigenvalue weighted by molar-refractivity contribution is 7.47. The first-order valence-corrected chi connectivity index (χ1v) is 40.4. The minimum atomic E-state index is -4.95. The number of hydrogen-bond acceptors (Lipinski definition) is 14. The number of carbonyl (C=O) groups is 3. The second-order valence-corrected chi connectivity index (χ2v) is 27.2. The van der Waals surface area contributed by atoms with E-state index in [9.17, 15) is 43.5 Å². The molecule has 0 aliphatic heterocycles. The lowest BCUT2D eigenvalue weighted by Gasteiger charge is -2.21. The molecule has 0 rings (SSSR count). The van der Waals surface area contributed by atoms with Gasteiger partial charge in [-0.15, -0.1) is 0 Å². The van der Waals surface area contributed by atoms with E-state index in [2.05, 4.69) is 191 Å². The fraction of sp³-hybridized carbons (Fsp3) is 0.617. The maximum Gasteiger partial charge on any atom is 0.472 e. The summed E-state index contributed by atoms with van der Waals surface area (Å²) >= 11 is 0. The van der Waals surface area contributed by atoms with Crippen molar-refractivity contribution >= 4 is 33.6 Å². The zero-order valence-corrected chi connectivity index (χ0v) is 62.9. The van der Waals surface area contributed by atoms with Crippen molar-refractivity contribution in [3.05, 3.63) is 170 Å². The average molecular weight is 1420 g/mol. The molecular weight excluding hydrogens is 1290 g/mol. The summed E-state index contributed by atoms with van der Waals surface area (Å²) in [6, 6.07) is 0. The van der Waals surface area contributed by atoms with Gasteiger partial charge in [0.2, 0.25) is 0 Å². The number of hydrogen-bond donors (Lipinski definition) is 4. The fourth-order valence-corrected chi connectivity index (χ4v) is 10.8. The zero-order chi connectivity index (χ0) is 72.3. The second-order valence-electron chi connectivity index (χ2n) is 24.3. The van der Waals surface area contributed by atoms with Gasteiger partial charge < -0.3 is 34.2 Å². The molecule has 0 radical (unpaired) electrons. The Bertz CT molecular complexity index is 2480. The van der Waals surface area contributed by atoms with Crippen LogP contribution in [0.4, 0.5) is 0 Å². The van der Waals surface area contributed by atoms with E-state index in [4.69, 9.17) is 32.3 Å². The van der Waals surface area contributed by atoms with E-state index < -0.39 is 91.5 Å². The van der Waals surface area contributed by atoms with Crippen molar-refractivity contribution in [1.82, 2.24) is 0 Å². The molecule has 0 aromatic carbocycles. The number of aliphatic hydroxyl groups excluding tert-OH is 2. The fourth-order valence-electron chi connectivity index (χ4n) is 9.25. The zero-order valence-electron chi connectivity index (χ0n) is 61.1. The summed E-state index contributed by atoms with van der Waals surface area (Å²) in [5, 5.41) is 20.6. The largest absolute Gasteiger partial charge is 0.472 e. The molecular formula is C81H132O16P2. The molecule has 0 aromatic heterocycles. The molecule has 0 saturated carbocycles. The van der Waals surface area contributed by atoms with E-state index in [1.165, 1.54) is 19.3 Å². The molecule has 0 bridgehead atoms. The van der Waals surface area contributed by atoms with Gasteiger partial charge in [0.05, 0.1) is 26.4 Å². The molecule has 0 amide bonds. The van der Waals surface area contributed by atoms with E-state index in [1.807, 2.05) is 0 Å². The molecule has 0 heterocycles. The smallest absolute Gasteiger partial charge is 0.463 e. The third-order valence-corrected chi connectivity index (χ3v) is 16.8. The van der Waals surface area contributed by atoms with Crippen LogP contribution in [0.3, 0.4) is 0 Å². The van der Waals surface area contributed by atoms with Crippen LogP contribution >= 0.6 is 15.6 Å². The molecule has 5 unspecified atom stereocenters. The Morgan fingerprint density at radius 3 is 0.848 bits per heavy atom. The van der Waals surface area contributed by atoms with Gasteiger partial charge in [-0.2, -0.15) is 0 Å². The van der Waals surface area contributed by atoms with Crippen molar-refractivity contribution in [3.8, 4) is 0 Å². The van der Waals surface area contributed by atoms with Crippen molar-refractivity contribution in [2.45, 2.75) is 283 Å². The van der Waals surface area contributed by atoms with Crippen molar-refractivity contribution < 1.29 is 75.8 Å². The van der Waals surface area contributed by atoms with Crippen molar-refractivity contribution in [1.29, 1.82) is 0 Å². The van der Waals surface area contributed by atoms with Gasteiger partial charge in [0.25, 0.3) is 0 Å². The number of allylic oxidation sites excluding steroid dienone is 28. The summed E-state index contributed by atoms with van der Waals surface area (Å²) in [4.78, 5) is 58.6. The predicted octanol–water partition coefficient (Wildman–Crippen LogP) is 21.6. The first-order chi connectivity index (χ1) is 48.2. The van der Waals surface area contributed by atoms with E-state index in [1.54, 1.807) is 0 Å². The van der Waals surface area contributed by atoms with Gasteiger partial charge in [0, 0.05) is 19.3 Å². The quantitative estimate of drug-likeness (QED) is 0.0146. The third kappa shape index (κ3) is 73.9. The minimum Gasteiger partial charge on any atom is -0.463 e. The van der Waals surface area contributed by atoms with Crippen molar-refractivity contribution in [3.63, 3.8) is 0 Å². The lowest BCUT2D eigenvalue weighted by atomic mass is 10.1. The van der Waals surface area contributed by atoms with Crippen molar-refractivity contribution in [2.24, 2.45) is 0 Å². The molecule has 0 saturated heterocycles. The average Bonchev–Trinajstić information content (AvgIpc) is 1.82. The lowest BCUT2D eigenvalue weighted by molar-refractivity contribution is -0.161. The van der Waals surface area contributed by atoms with Crippen LogP contribution in [0.2, 0.25) is 0 Å². The molecule has 0 fully saturated rings. The van der Waals surface area contributed by atoms with Crippen LogP contribution in [0.1, 0.15) is 265 Å². The molecule has 0 aliphatic rings. The van der Waals surface area contributed by atoms with E-state index >= 15 is 0 Å². The van der Waals surface area contributed by atoms with Crippen LogP contribution in [0.25, 0.3) is 0 Å². The lowest BCUT2D eigenvalue weighted by Crippen LogP contribution is -2.30. The molecule has 5 atom stereocenters. The number of esters is 3. The summed E-state index contributed by atoms with van der Waals surface area (Å²) in [6.45, 7) is 2.33. The van der Waals surface area contributed by atoms with E-state index in [0.717, 1.165) is 186 Å². The standard InChI is InChI=1S/C81H132O16P2/c1-4-7-10-13-16-19-22-25-28-31-34-37-40-43-46-49-52-55-58-61-64-67-79(84)91-70-76(82)71-93-98(87,88)94-72-77(83)73-95-99(89,90)96-75-78(97-81(86)69-66-63-60-57-54-51-48-45-42-39-36-33-30-27-24-21-18-15-12-9-6-3)74-92-80(85)68-65-62-59-56-53-50-47-44-41-38-35-32-29-26-23-20-17-14-11-8-5-2/h7-8,10-11,16-21,25-30,34-39,43-48,76-78,82-83H,4-6,9,12-15,22-24,31-33,40-42,49-75H2,1-3H3,(H,87,88)(H,89,90)/b10-7-,11-8-,19-16-,20-17-,21-18-,28-25-,29-26-,30-27-,37-34-,38-35-,39-36-,46-43-,47-44-,48-45-. The van der Waals surface area contributed by atoms with Crippen LogP contribution in [0.15, 0.2) is 170 Å². The van der Waals surface area contributed by atoms with Gasteiger partial charge in [0.1, 0.15) is 25.4 Å². The van der Waals surface area contributed by atoms with Crippen molar-refractivity contribution in [2.75, 3.05) is 39.6 Å². The van der Waals surface area contributed by atoms with Crippen LogP contribution < -0.4 is 0 Å². The van der Waals surface area contributed by atoms with Crippen LogP contribution in [0, 0.1) is 0 Å². The number of ether oxygens (including phenoxy) is 3. The minimum absolute atomic E-state index is 0.0714. The SMILES string of the molecule is CC/C=C\C/C=C\C/C=C\C/C=C\C/C=C\CCCCCCCC(=O)OCC(O)COP(=O)(O)OCC(O)COP(=O)(O)OCC(COC(=O)CCCCCCC/C=C\C/C=C\C/C=C\C/C=C\C/C=C\CC)OC(=O)CCCCCCC/C=C\C/C=C\C/C=C\C/C=C\CCCCC. The molecule has 18 heteroatoms. The molecule has 0 spiro atoms. The first kappa shape index (κ1) is 93.9. The Hall–Kier alpha value is -5.09. The van der Waals surface area contributed by atoms with Gasteiger partial charge in [0.15, 0.2) is 6.10 Å². The molecule has 0 aromatic rings. The summed E-state index contributed by atoms with van der Waals surface area (Å²) in [7, 11) is -9.82. The molecule has 0 aliphatic carbocycles. The Morgan fingerprint density at radius 2 is 0.535 bits per heavy atom. The number of rotatable bonds is 69. The van der Waals surface area contributed by atoms with Crippen LogP contribution in [-0.4, -0.2) is 95.9 Å². The number of unbranched alkanes of at least 4 members (excludes halogenated alkanes) is 18. The predicted molar refractivity (Wildman–Crippen MR) is 408 cm³/mol. The second kappa shape index (κ2) is 72.7. The van der Waals surface area contributed by atoms with Gasteiger partial charge in [-0.05, 0) is 154 Å². The monoisotopic (exact) mass is 1420 g/mol. The highest BCUT2D eigenvalue weighted by Gasteiger charge is 2.29. The highest BCUT2D eigenvalue weighted by Crippen LogP contribution is 2.45. The summed E-state index contributed by atoms with van der Waals surface area (Å²) in [6.07, 6.45) is 90.9. The number of aliphatic hydroxyl groups is 2. The molecule has 16 nitrogen and oxygen atoms in total. The topological polar surface area (TPSA) is 231 Å². The summed E-state index contributed by atoms with van der Waals surface area (Å²) in [5.74, 6) is -1.65. The Kier molecular flexibility index (Phi) is 69.0. The van der Waals surface area contributed by atoms with Crippen LogP contribution in [-0.2, 0) is 55.8 Å².